The van der Waals surface area contributed by atoms with Crippen LogP contribution < -0.4 is 0 Å². The van der Waals surface area contributed by atoms with Gasteiger partial charge in [-0.15, -0.1) is 0 Å². The molecule has 0 fully saturated rings. The van der Waals surface area contributed by atoms with Crippen LogP contribution in [0.3, 0.4) is 0 Å². The number of amidine groups is 1. The van der Waals surface area contributed by atoms with Gasteiger partial charge in [-0.2, -0.15) is 9.78 Å². The van der Waals surface area contributed by atoms with Gasteiger partial charge in [0.25, 0.3) is 0 Å². The number of hydrogen-bond acceptors (Lipinski definition) is 4. The van der Waals surface area contributed by atoms with Crippen molar-refractivity contribution in [1.29, 1.82) is 0 Å². The fourth-order valence-electron chi connectivity index (χ4n) is 2.02. The molecule has 0 unspecified atom stereocenters. The molecule has 1 aromatic heterocycles. The molecule has 5 nitrogen and oxygen atoms in total. The number of nitrogens with zero attached hydrogens (tertiary/aromatic N) is 5. The van der Waals surface area contributed by atoms with Crippen LogP contribution in [0.4, 0.5) is 5.82 Å². The summed E-state index contributed by atoms with van der Waals surface area (Å²) in [5.41, 5.74) is 0.983. The third kappa shape index (κ3) is 1.19. The first kappa shape index (κ1) is 8.64. The van der Waals surface area contributed by atoms with Crippen molar-refractivity contribution in [2.75, 3.05) is 13.1 Å². The molecule has 0 saturated heterocycles. The fourth-order valence-corrected chi connectivity index (χ4v) is 2.02. The van der Waals surface area contributed by atoms with E-state index in [1.54, 1.807) is 0 Å². The maximum atomic E-state index is 4.52. The number of hydrogen-bond donors (Lipinski definition) is 0. The summed E-state index contributed by atoms with van der Waals surface area (Å²) in [6.45, 7) is 5.88. The second-order valence-electron chi connectivity index (χ2n) is 3.90. The molecule has 15 heavy (non-hydrogen) atoms. The molecule has 0 amide bonds. The van der Waals surface area contributed by atoms with E-state index in [1.807, 2.05) is 24.6 Å². The Labute approximate surface area is 88.1 Å². The van der Waals surface area contributed by atoms with Crippen LogP contribution in [0.15, 0.2) is 16.1 Å². The standard InChI is InChI=1S/C10H13N5/c1-7-6-9-12-8(2)14-5-3-4-11-10(14)15(9)13-7/h6H,3-5H2,1-2H3. The molecule has 78 valence electrons. The van der Waals surface area contributed by atoms with E-state index in [1.165, 1.54) is 0 Å². The second kappa shape index (κ2) is 2.92. The molecule has 0 aliphatic carbocycles. The van der Waals surface area contributed by atoms with E-state index >= 15 is 0 Å². The van der Waals surface area contributed by atoms with E-state index in [9.17, 15) is 0 Å². The third-order valence-corrected chi connectivity index (χ3v) is 2.70. The molecule has 0 N–H and O–H groups in total. The lowest BCUT2D eigenvalue weighted by molar-refractivity contribution is 0.510. The third-order valence-electron chi connectivity index (χ3n) is 2.70. The minimum absolute atomic E-state index is 0.886. The van der Waals surface area contributed by atoms with Crippen molar-refractivity contribution in [2.45, 2.75) is 20.3 Å². The van der Waals surface area contributed by atoms with Crippen molar-refractivity contribution in [3.8, 4) is 0 Å². The average molecular weight is 203 g/mol. The maximum Gasteiger partial charge on any atom is 0.229 e. The first-order valence-electron chi connectivity index (χ1n) is 5.20. The lowest BCUT2D eigenvalue weighted by Gasteiger charge is -2.31. The van der Waals surface area contributed by atoms with E-state index in [2.05, 4.69) is 20.0 Å². The van der Waals surface area contributed by atoms with E-state index in [0.29, 0.717) is 0 Å². The summed E-state index contributed by atoms with van der Waals surface area (Å²) < 4.78 is 1.83. The zero-order valence-electron chi connectivity index (χ0n) is 8.93. The van der Waals surface area contributed by atoms with Crippen molar-refractivity contribution in [1.82, 2.24) is 14.7 Å². The van der Waals surface area contributed by atoms with Gasteiger partial charge in [-0.25, -0.2) is 4.99 Å². The molecule has 2 aliphatic heterocycles. The molecular formula is C10H13N5. The summed E-state index contributed by atoms with van der Waals surface area (Å²) in [6.07, 6.45) is 1.09. The normalized spacial score (nSPS) is 19.2. The van der Waals surface area contributed by atoms with E-state index in [0.717, 1.165) is 42.8 Å². The van der Waals surface area contributed by atoms with Gasteiger partial charge in [0.2, 0.25) is 5.96 Å². The van der Waals surface area contributed by atoms with Crippen molar-refractivity contribution >= 4 is 17.6 Å². The topological polar surface area (TPSA) is 45.8 Å². The van der Waals surface area contributed by atoms with Gasteiger partial charge in [-0.1, -0.05) is 0 Å². The summed E-state index contributed by atoms with van der Waals surface area (Å²) >= 11 is 0. The first-order chi connectivity index (χ1) is 7.25. The van der Waals surface area contributed by atoms with Crippen LogP contribution >= 0.6 is 0 Å². The largest absolute Gasteiger partial charge is 0.299 e. The molecule has 2 aliphatic rings. The molecule has 0 saturated carbocycles. The Morgan fingerprint density at radius 3 is 3.07 bits per heavy atom. The number of aryl methyl sites for hydroxylation is 1. The number of aliphatic imine (C=N–C) groups is 2. The predicted octanol–water partition coefficient (Wildman–Crippen LogP) is 1.16. The zero-order chi connectivity index (χ0) is 10.4. The summed E-state index contributed by atoms with van der Waals surface area (Å²) in [5.74, 6) is 2.83. The summed E-state index contributed by atoms with van der Waals surface area (Å²) in [7, 11) is 0. The molecule has 0 spiro atoms. The molecule has 1 aromatic rings. The van der Waals surface area contributed by atoms with Crippen molar-refractivity contribution in [3.63, 3.8) is 0 Å². The van der Waals surface area contributed by atoms with Gasteiger partial charge in [-0.05, 0) is 20.3 Å². The summed E-state index contributed by atoms with van der Waals surface area (Å²) in [4.78, 5) is 11.2. The Balaban J connectivity index is 2.20. The smallest absolute Gasteiger partial charge is 0.229 e. The first-order valence-corrected chi connectivity index (χ1v) is 5.20. The fraction of sp³-hybridized carbons (Fsp3) is 0.500. The highest BCUT2D eigenvalue weighted by Crippen LogP contribution is 2.22. The van der Waals surface area contributed by atoms with Gasteiger partial charge in [0.15, 0.2) is 5.82 Å². The monoisotopic (exact) mass is 203 g/mol. The molecule has 3 rings (SSSR count). The summed E-state index contributed by atoms with van der Waals surface area (Å²) in [5, 5.41) is 4.41. The SMILES string of the molecule is CC1=Nc2cc(C)nn2C2=NCCCN12. The van der Waals surface area contributed by atoms with Gasteiger partial charge in [0.05, 0.1) is 5.69 Å². The van der Waals surface area contributed by atoms with Crippen molar-refractivity contribution < 1.29 is 0 Å². The van der Waals surface area contributed by atoms with E-state index in [4.69, 9.17) is 0 Å². The Morgan fingerprint density at radius 1 is 1.33 bits per heavy atom. The molecule has 0 aromatic carbocycles. The van der Waals surface area contributed by atoms with Gasteiger partial charge in [0, 0.05) is 19.2 Å². The number of rotatable bonds is 0. The molecule has 5 heteroatoms. The molecule has 0 atom stereocenters. The van der Waals surface area contributed by atoms with Crippen LogP contribution in [0.5, 0.6) is 0 Å². The van der Waals surface area contributed by atoms with Crippen LogP contribution in [-0.4, -0.2) is 39.6 Å². The van der Waals surface area contributed by atoms with E-state index < -0.39 is 0 Å². The Morgan fingerprint density at radius 2 is 2.20 bits per heavy atom. The van der Waals surface area contributed by atoms with Gasteiger partial charge < -0.3 is 0 Å². The quantitative estimate of drug-likeness (QED) is 0.635. The number of fused-ring (bicyclic) bond motifs is 3. The van der Waals surface area contributed by atoms with Gasteiger partial charge in [0.1, 0.15) is 5.84 Å². The minimum atomic E-state index is 0.886. The van der Waals surface area contributed by atoms with E-state index in [-0.39, 0.29) is 0 Å². The Hall–Kier alpha value is -1.65. The molecule has 0 radical (unpaired) electrons. The predicted molar refractivity (Wildman–Crippen MR) is 58.8 cm³/mol. The Kier molecular flexibility index (Phi) is 1.68. The lowest BCUT2D eigenvalue weighted by Crippen LogP contribution is -2.45. The lowest BCUT2D eigenvalue weighted by atomic mass is 10.3. The summed E-state index contributed by atoms with van der Waals surface area (Å²) in [6, 6.07) is 1.98. The Bertz CT molecular complexity index is 468. The number of aromatic nitrogens is 2. The van der Waals surface area contributed by atoms with Crippen LogP contribution in [-0.2, 0) is 0 Å². The molecule has 0 bridgehead atoms. The minimum Gasteiger partial charge on any atom is -0.299 e. The highest BCUT2D eigenvalue weighted by molar-refractivity contribution is 6.04. The van der Waals surface area contributed by atoms with Crippen LogP contribution in [0.1, 0.15) is 19.0 Å². The maximum absolute atomic E-state index is 4.52. The van der Waals surface area contributed by atoms with Crippen molar-refractivity contribution in [2.24, 2.45) is 9.98 Å². The van der Waals surface area contributed by atoms with Gasteiger partial charge >= 0.3 is 0 Å². The highest BCUT2D eigenvalue weighted by atomic mass is 15.5. The van der Waals surface area contributed by atoms with Crippen LogP contribution in [0, 0.1) is 6.92 Å². The molecular weight excluding hydrogens is 190 g/mol. The highest BCUT2D eigenvalue weighted by Gasteiger charge is 2.26. The molecule has 3 heterocycles. The van der Waals surface area contributed by atoms with Crippen LogP contribution in [0.25, 0.3) is 0 Å². The van der Waals surface area contributed by atoms with Gasteiger partial charge in [-0.3, -0.25) is 9.89 Å². The average Bonchev–Trinajstić information content (AvgIpc) is 2.59. The zero-order valence-corrected chi connectivity index (χ0v) is 8.93. The van der Waals surface area contributed by atoms with Crippen LogP contribution in [0.2, 0.25) is 0 Å². The second-order valence-corrected chi connectivity index (χ2v) is 3.90. The van der Waals surface area contributed by atoms with Crippen molar-refractivity contribution in [3.05, 3.63) is 11.8 Å².